The third kappa shape index (κ3) is 5.62. The van der Waals surface area contributed by atoms with Crippen LogP contribution in [0.3, 0.4) is 0 Å². The van der Waals surface area contributed by atoms with Gasteiger partial charge in [0.1, 0.15) is 6.10 Å². The molecule has 2 aliphatic rings. The minimum absolute atomic E-state index is 0.156. The van der Waals surface area contributed by atoms with Crippen LogP contribution in [0.2, 0.25) is 0 Å². The normalized spacial score (nSPS) is 22.0. The number of thioether (sulfide) groups is 1. The van der Waals surface area contributed by atoms with Gasteiger partial charge in [-0.25, -0.2) is 0 Å². The number of benzene rings is 1. The van der Waals surface area contributed by atoms with Gasteiger partial charge in [0.2, 0.25) is 0 Å². The summed E-state index contributed by atoms with van der Waals surface area (Å²) in [5, 5.41) is 3.92. The van der Waals surface area contributed by atoms with E-state index in [1.54, 1.807) is 0 Å². The SMILES string of the molecule is CN=C(NCC(C)Sc1ccccc1)N1CCN(C(=O)C2CCCO2)CC1. The van der Waals surface area contributed by atoms with Crippen molar-refractivity contribution in [1.29, 1.82) is 0 Å². The third-order valence-electron chi connectivity index (χ3n) is 4.94. The summed E-state index contributed by atoms with van der Waals surface area (Å²) in [4.78, 5) is 22.4. The lowest BCUT2D eigenvalue weighted by Crippen LogP contribution is -2.55. The number of guanidine groups is 1. The molecule has 1 N–H and O–H groups in total. The van der Waals surface area contributed by atoms with Crippen LogP contribution in [0.5, 0.6) is 0 Å². The van der Waals surface area contributed by atoms with Crippen molar-refractivity contribution in [1.82, 2.24) is 15.1 Å². The van der Waals surface area contributed by atoms with Crippen molar-refractivity contribution in [3.05, 3.63) is 30.3 Å². The van der Waals surface area contributed by atoms with Gasteiger partial charge in [-0.05, 0) is 25.0 Å². The molecule has 1 aromatic rings. The maximum atomic E-state index is 12.5. The largest absolute Gasteiger partial charge is 0.368 e. The number of aliphatic imine (C=N–C) groups is 1. The number of carbonyl (C=O) groups excluding carboxylic acids is 1. The van der Waals surface area contributed by atoms with Crippen LogP contribution >= 0.6 is 11.8 Å². The van der Waals surface area contributed by atoms with Gasteiger partial charge in [0.25, 0.3) is 5.91 Å². The Hall–Kier alpha value is -1.73. The lowest BCUT2D eigenvalue weighted by atomic mass is 10.2. The summed E-state index contributed by atoms with van der Waals surface area (Å²) in [6.07, 6.45) is 1.63. The average Bonchev–Trinajstić information content (AvgIpc) is 3.24. The summed E-state index contributed by atoms with van der Waals surface area (Å²) in [6.45, 7) is 6.85. The number of hydrogen-bond acceptors (Lipinski definition) is 4. The summed E-state index contributed by atoms with van der Waals surface area (Å²) in [6, 6.07) is 10.5. The molecule has 2 heterocycles. The average molecular weight is 391 g/mol. The van der Waals surface area contributed by atoms with Crippen LogP contribution in [0.1, 0.15) is 19.8 Å². The summed E-state index contributed by atoms with van der Waals surface area (Å²) >= 11 is 1.86. The summed E-state index contributed by atoms with van der Waals surface area (Å²) in [7, 11) is 1.82. The highest BCUT2D eigenvalue weighted by Crippen LogP contribution is 2.22. The molecule has 2 fully saturated rings. The molecule has 0 aromatic heterocycles. The van der Waals surface area contributed by atoms with Gasteiger partial charge >= 0.3 is 0 Å². The van der Waals surface area contributed by atoms with Gasteiger partial charge in [-0.15, -0.1) is 11.8 Å². The molecular formula is C20H30N4O2S. The monoisotopic (exact) mass is 390 g/mol. The maximum Gasteiger partial charge on any atom is 0.251 e. The summed E-state index contributed by atoms with van der Waals surface area (Å²) < 4.78 is 5.53. The van der Waals surface area contributed by atoms with E-state index in [0.29, 0.717) is 11.9 Å². The molecule has 0 spiro atoms. The lowest BCUT2D eigenvalue weighted by molar-refractivity contribution is -0.142. The molecule has 0 aliphatic carbocycles. The first-order chi connectivity index (χ1) is 13.2. The molecule has 6 nitrogen and oxygen atoms in total. The van der Waals surface area contributed by atoms with Crippen LogP contribution in [0.4, 0.5) is 0 Å². The van der Waals surface area contributed by atoms with Crippen molar-refractivity contribution in [2.75, 3.05) is 46.4 Å². The quantitative estimate of drug-likeness (QED) is 0.474. The van der Waals surface area contributed by atoms with Crippen LogP contribution in [0.25, 0.3) is 0 Å². The van der Waals surface area contributed by atoms with Crippen LogP contribution < -0.4 is 5.32 Å². The standard InChI is InChI=1S/C20H30N4O2S/c1-16(27-17-7-4-3-5-8-17)15-22-20(21-2)24-12-10-23(11-13-24)19(25)18-9-6-14-26-18/h3-5,7-8,16,18H,6,9-15H2,1-2H3,(H,21,22). The fraction of sp³-hybridized carbons (Fsp3) is 0.600. The minimum Gasteiger partial charge on any atom is -0.368 e. The topological polar surface area (TPSA) is 57.2 Å². The van der Waals surface area contributed by atoms with Crippen molar-refractivity contribution >= 4 is 23.6 Å². The van der Waals surface area contributed by atoms with E-state index in [4.69, 9.17) is 4.74 Å². The Bertz CT molecular complexity index is 626. The zero-order valence-corrected chi connectivity index (χ0v) is 17.1. The first-order valence-electron chi connectivity index (χ1n) is 9.75. The van der Waals surface area contributed by atoms with E-state index in [9.17, 15) is 4.79 Å². The van der Waals surface area contributed by atoms with Crippen molar-refractivity contribution < 1.29 is 9.53 Å². The molecule has 148 valence electrons. The maximum absolute atomic E-state index is 12.5. The first-order valence-corrected chi connectivity index (χ1v) is 10.6. The van der Waals surface area contributed by atoms with E-state index < -0.39 is 0 Å². The fourth-order valence-corrected chi connectivity index (χ4v) is 4.40. The molecule has 3 rings (SSSR count). The van der Waals surface area contributed by atoms with Gasteiger partial charge in [0.05, 0.1) is 0 Å². The second-order valence-corrected chi connectivity index (χ2v) is 8.50. The van der Waals surface area contributed by atoms with Crippen molar-refractivity contribution in [3.8, 4) is 0 Å². The smallest absolute Gasteiger partial charge is 0.251 e. The molecule has 2 aliphatic heterocycles. The van der Waals surface area contributed by atoms with Gasteiger partial charge in [-0.3, -0.25) is 9.79 Å². The Morgan fingerprint density at radius 3 is 2.59 bits per heavy atom. The highest BCUT2D eigenvalue weighted by molar-refractivity contribution is 8.00. The molecule has 1 aromatic carbocycles. The van der Waals surface area contributed by atoms with Crippen LogP contribution in [0.15, 0.2) is 40.2 Å². The molecule has 0 bridgehead atoms. The van der Waals surface area contributed by atoms with Crippen molar-refractivity contribution in [3.63, 3.8) is 0 Å². The van der Waals surface area contributed by atoms with Gasteiger partial charge in [-0.1, -0.05) is 25.1 Å². The number of rotatable bonds is 5. The zero-order chi connectivity index (χ0) is 19.1. The van der Waals surface area contributed by atoms with E-state index in [1.807, 2.05) is 29.8 Å². The van der Waals surface area contributed by atoms with E-state index in [0.717, 1.165) is 51.5 Å². The predicted octanol–water partition coefficient (Wildman–Crippen LogP) is 2.07. The number of amides is 1. The molecule has 2 saturated heterocycles. The Morgan fingerprint density at radius 1 is 1.26 bits per heavy atom. The number of nitrogens with one attached hydrogen (secondary N) is 1. The first kappa shape index (κ1) is 20.0. The van der Waals surface area contributed by atoms with E-state index in [2.05, 4.69) is 46.4 Å². The Morgan fingerprint density at radius 2 is 1.96 bits per heavy atom. The van der Waals surface area contributed by atoms with E-state index in [-0.39, 0.29) is 12.0 Å². The number of carbonyl (C=O) groups is 1. The van der Waals surface area contributed by atoms with E-state index >= 15 is 0 Å². The fourth-order valence-electron chi connectivity index (χ4n) is 3.46. The minimum atomic E-state index is -0.218. The Labute approximate surface area is 166 Å². The molecular weight excluding hydrogens is 360 g/mol. The van der Waals surface area contributed by atoms with E-state index in [1.165, 1.54) is 4.90 Å². The van der Waals surface area contributed by atoms with Gasteiger partial charge in [0.15, 0.2) is 5.96 Å². The zero-order valence-electron chi connectivity index (χ0n) is 16.3. The van der Waals surface area contributed by atoms with Gasteiger partial charge in [0, 0.05) is 56.5 Å². The molecule has 2 unspecified atom stereocenters. The Balaban J connectivity index is 1.42. The van der Waals surface area contributed by atoms with Gasteiger partial charge < -0.3 is 19.9 Å². The molecule has 7 heteroatoms. The molecule has 2 atom stereocenters. The summed E-state index contributed by atoms with van der Waals surface area (Å²) in [5.41, 5.74) is 0. The third-order valence-corrected chi connectivity index (χ3v) is 6.05. The van der Waals surface area contributed by atoms with Crippen LogP contribution in [0, 0.1) is 0 Å². The van der Waals surface area contributed by atoms with Crippen molar-refractivity contribution in [2.24, 2.45) is 4.99 Å². The second kappa shape index (κ2) is 9.99. The molecule has 0 radical (unpaired) electrons. The molecule has 27 heavy (non-hydrogen) atoms. The van der Waals surface area contributed by atoms with Crippen LogP contribution in [-0.4, -0.2) is 79.4 Å². The second-order valence-electron chi connectivity index (χ2n) is 6.98. The summed E-state index contributed by atoms with van der Waals surface area (Å²) in [5.74, 6) is 1.07. The molecule has 1 amide bonds. The highest BCUT2D eigenvalue weighted by atomic mass is 32.2. The molecule has 0 saturated carbocycles. The number of hydrogen-bond donors (Lipinski definition) is 1. The highest BCUT2D eigenvalue weighted by Gasteiger charge is 2.30. The Kier molecular flexibility index (Phi) is 7.41. The number of nitrogens with zero attached hydrogens (tertiary/aromatic N) is 3. The van der Waals surface area contributed by atoms with Crippen molar-refractivity contribution in [2.45, 2.75) is 36.0 Å². The van der Waals surface area contributed by atoms with Crippen LogP contribution in [-0.2, 0) is 9.53 Å². The lowest BCUT2D eigenvalue weighted by Gasteiger charge is -2.37. The number of ether oxygens (including phenoxy) is 1. The van der Waals surface area contributed by atoms with Gasteiger partial charge in [-0.2, -0.15) is 0 Å². The predicted molar refractivity (Wildman–Crippen MR) is 110 cm³/mol. The number of piperazine rings is 1.